The fraction of sp³-hybridized carbons (Fsp3) is 0.435. The van der Waals surface area contributed by atoms with Gasteiger partial charge in [-0.3, -0.25) is 4.90 Å². The van der Waals surface area contributed by atoms with Gasteiger partial charge in [0.05, 0.1) is 18.6 Å². The molecule has 0 saturated carbocycles. The molecule has 0 spiro atoms. The Hall–Kier alpha value is -2.57. The van der Waals surface area contributed by atoms with Crippen molar-refractivity contribution >= 4 is 16.8 Å². The van der Waals surface area contributed by atoms with Crippen LogP contribution >= 0.6 is 0 Å². The van der Waals surface area contributed by atoms with Crippen LogP contribution in [-0.2, 0) is 6.61 Å². The van der Waals surface area contributed by atoms with Crippen LogP contribution in [-0.4, -0.2) is 54.0 Å². The molecule has 0 aliphatic carbocycles. The number of ether oxygens (including phenoxy) is 1. The van der Waals surface area contributed by atoms with Crippen LogP contribution in [0.5, 0.6) is 5.75 Å². The first kappa shape index (κ1) is 18.5. The lowest BCUT2D eigenvalue weighted by Crippen LogP contribution is -2.57. The van der Waals surface area contributed by atoms with Crippen molar-refractivity contribution in [2.75, 3.05) is 37.7 Å². The summed E-state index contributed by atoms with van der Waals surface area (Å²) >= 11 is 0. The van der Waals surface area contributed by atoms with Crippen LogP contribution in [0.4, 0.5) is 5.82 Å². The average Bonchev–Trinajstić information content (AvgIpc) is 3.22. The third kappa shape index (κ3) is 3.82. The van der Waals surface area contributed by atoms with E-state index in [-0.39, 0.29) is 6.61 Å². The van der Waals surface area contributed by atoms with Gasteiger partial charge in [-0.1, -0.05) is 29.4 Å². The molecule has 3 aromatic rings. The Balaban J connectivity index is 1.17. The van der Waals surface area contributed by atoms with Crippen LogP contribution < -0.4 is 9.64 Å². The molecule has 0 bridgehead atoms. The van der Waals surface area contributed by atoms with E-state index in [0.717, 1.165) is 60.9 Å². The Morgan fingerprint density at radius 2 is 1.90 bits per heavy atom. The normalized spacial score (nSPS) is 22.6. The standard InChI is InChI=1S/C23H27N3O3/c27-15-17-6-9-20(10-7-17)28-16-18-5-8-19-14-26(12-11-25(19)13-18)23-21-3-1-2-4-22(21)29-24-23/h1-4,6-7,9-10,18-19,27H,5,8,11-16H2. The monoisotopic (exact) mass is 393 g/mol. The molecule has 2 aliphatic rings. The Labute approximate surface area is 170 Å². The quantitative estimate of drug-likeness (QED) is 0.718. The second-order valence-electron chi connectivity index (χ2n) is 8.15. The van der Waals surface area contributed by atoms with Gasteiger partial charge in [-0.25, -0.2) is 0 Å². The van der Waals surface area contributed by atoms with Gasteiger partial charge in [-0.15, -0.1) is 0 Å². The molecule has 0 radical (unpaired) electrons. The van der Waals surface area contributed by atoms with Gasteiger partial charge in [-0.2, -0.15) is 0 Å². The highest BCUT2D eigenvalue weighted by molar-refractivity contribution is 5.88. The van der Waals surface area contributed by atoms with Gasteiger partial charge in [0.15, 0.2) is 11.4 Å². The van der Waals surface area contributed by atoms with E-state index in [9.17, 15) is 0 Å². The Kier molecular flexibility index (Phi) is 5.12. The molecular weight excluding hydrogens is 366 g/mol. The maximum atomic E-state index is 9.14. The van der Waals surface area contributed by atoms with Gasteiger partial charge in [0.2, 0.25) is 0 Å². The number of para-hydroxylation sites is 1. The predicted octanol–water partition coefficient (Wildman–Crippen LogP) is 3.30. The Morgan fingerprint density at radius 1 is 1.03 bits per heavy atom. The van der Waals surface area contributed by atoms with Crippen LogP contribution in [0.15, 0.2) is 53.1 Å². The number of fused-ring (bicyclic) bond motifs is 2. The van der Waals surface area contributed by atoms with E-state index >= 15 is 0 Å². The van der Waals surface area contributed by atoms with Crippen molar-refractivity contribution < 1.29 is 14.4 Å². The lowest BCUT2D eigenvalue weighted by molar-refractivity contribution is 0.0727. The van der Waals surface area contributed by atoms with E-state index in [2.05, 4.69) is 21.0 Å². The molecule has 5 rings (SSSR count). The molecule has 0 amide bonds. The van der Waals surface area contributed by atoms with Gasteiger partial charge >= 0.3 is 0 Å². The van der Waals surface area contributed by atoms with Crippen molar-refractivity contribution in [1.29, 1.82) is 0 Å². The molecule has 29 heavy (non-hydrogen) atoms. The summed E-state index contributed by atoms with van der Waals surface area (Å²) in [4.78, 5) is 5.00. The largest absolute Gasteiger partial charge is 0.493 e. The van der Waals surface area contributed by atoms with Crippen LogP contribution in [0.1, 0.15) is 18.4 Å². The molecule has 2 fully saturated rings. The zero-order chi connectivity index (χ0) is 19.6. The highest BCUT2D eigenvalue weighted by atomic mass is 16.5. The van der Waals surface area contributed by atoms with E-state index in [1.807, 2.05) is 42.5 Å². The number of hydrogen-bond donors (Lipinski definition) is 1. The molecule has 2 saturated heterocycles. The summed E-state index contributed by atoms with van der Waals surface area (Å²) in [5.41, 5.74) is 1.77. The van der Waals surface area contributed by atoms with Crippen molar-refractivity contribution in [3.8, 4) is 5.75 Å². The van der Waals surface area contributed by atoms with Crippen molar-refractivity contribution in [2.45, 2.75) is 25.5 Å². The first-order valence-corrected chi connectivity index (χ1v) is 10.5. The maximum Gasteiger partial charge on any atom is 0.180 e. The Morgan fingerprint density at radius 3 is 2.76 bits per heavy atom. The summed E-state index contributed by atoms with van der Waals surface area (Å²) in [6.45, 7) is 4.94. The summed E-state index contributed by atoms with van der Waals surface area (Å²) in [5, 5.41) is 14.6. The number of anilines is 1. The fourth-order valence-corrected chi connectivity index (χ4v) is 4.59. The number of aliphatic hydroxyl groups excluding tert-OH is 1. The van der Waals surface area contributed by atoms with Crippen molar-refractivity contribution in [1.82, 2.24) is 10.1 Å². The number of hydrogen-bond acceptors (Lipinski definition) is 6. The first-order chi connectivity index (χ1) is 14.3. The minimum atomic E-state index is 0.0698. The third-order valence-electron chi connectivity index (χ3n) is 6.26. The minimum Gasteiger partial charge on any atom is -0.493 e. The molecule has 152 valence electrons. The van der Waals surface area contributed by atoms with Gasteiger partial charge in [-0.05, 0) is 42.7 Å². The fourth-order valence-electron chi connectivity index (χ4n) is 4.59. The third-order valence-corrected chi connectivity index (χ3v) is 6.26. The van der Waals surface area contributed by atoms with E-state index in [1.54, 1.807) is 0 Å². The molecule has 6 heteroatoms. The first-order valence-electron chi connectivity index (χ1n) is 10.5. The van der Waals surface area contributed by atoms with Crippen LogP contribution in [0.25, 0.3) is 11.0 Å². The van der Waals surface area contributed by atoms with Gasteiger partial charge in [0, 0.05) is 38.1 Å². The second kappa shape index (κ2) is 8.05. The molecule has 3 heterocycles. The molecule has 1 N–H and O–H groups in total. The van der Waals surface area contributed by atoms with E-state index in [0.29, 0.717) is 12.0 Å². The lowest BCUT2D eigenvalue weighted by atomic mass is 9.91. The topological polar surface area (TPSA) is 62.0 Å². The highest BCUT2D eigenvalue weighted by Gasteiger charge is 2.34. The number of aromatic nitrogens is 1. The van der Waals surface area contributed by atoms with Crippen LogP contribution in [0.2, 0.25) is 0 Å². The summed E-state index contributed by atoms with van der Waals surface area (Å²) in [7, 11) is 0. The Bertz CT molecular complexity index is 955. The lowest BCUT2D eigenvalue weighted by Gasteiger charge is -2.46. The SMILES string of the molecule is OCc1ccc(OCC2CCC3CN(c4noc5ccccc45)CCN3C2)cc1. The van der Waals surface area contributed by atoms with Crippen molar-refractivity contribution in [2.24, 2.45) is 5.92 Å². The van der Waals surface area contributed by atoms with E-state index < -0.39 is 0 Å². The number of benzene rings is 2. The van der Waals surface area contributed by atoms with Gasteiger partial charge < -0.3 is 19.3 Å². The number of nitrogens with zero attached hydrogens (tertiary/aromatic N) is 3. The highest BCUT2D eigenvalue weighted by Crippen LogP contribution is 2.31. The number of piperidine rings is 1. The zero-order valence-corrected chi connectivity index (χ0v) is 16.5. The predicted molar refractivity (Wildman–Crippen MR) is 112 cm³/mol. The molecule has 6 nitrogen and oxygen atoms in total. The van der Waals surface area contributed by atoms with Crippen LogP contribution in [0, 0.1) is 5.92 Å². The summed E-state index contributed by atoms with van der Waals surface area (Å²) in [6.07, 6.45) is 2.37. The summed E-state index contributed by atoms with van der Waals surface area (Å²) in [5.74, 6) is 2.42. The maximum absolute atomic E-state index is 9.14. The van der Waals surface area contributed by atoms with Crippen molar-refractivity contribution in [3.05, 3.63) is 54.1 Å². The summed E-state index contributed by atoms with van der Waals surface area (Å²) in [6, 6.07) is 16.4. The molecule has 2 aliphatic heterocycles. The smallest absolute Gasteiger partial charge is 0.180 e. The molecular formula is C23H27N3O3. The van der Waals surface area contributed by atoms with E-state index in [4.69, 9.17) is 14.4 Å². The van der Waals surface area contributed by atoms with Crippen LogP contribution in [0.3, 0.4) is 0 Å². The van der Waals surface area contributed by atoms with Gasteiger partial charge in [0.1, 0.15) is 5.75 Å². The summed E-state index contributed by atoms with van der Waals surface area (Å²) < 4.78 is 11.5. The second-order valence-corrected chi connectivity index (χ2v) is 8.15. The number of aliphatic hydroxyl groups is 1. The van der Waals surface area contributed by atoms with Gasteiger partial charge in [0.25, 0.3) is 0 Å². The molecule has 2 atom stereocenters. The molecule has 1 aromatic heterocycles. The van der Waals surface area contributed by atoms with E-state index in [1.165, 1.54) is 12.8 Å². The van der Waals surface area contributed by atoms with Crippen molar-refractivity contribution in [3.63, 3.8) is 0 Å². The average molecular weight is 393 g/mol. The molecule has 2 unspecified atom stereocenters. The zero-order valence-electron chi connectivity index (χ0n) is 16.5. The number of piperazine rings is 1. The number of rotatable bonds is 5. The minimum absolute atomic E-state index is 0.0698. The molecule has 2 aromatic carbocycles.